The van der Waals surface area contributed by atoms with Crippen molar-refractivity contribution < 1.29 is 4.12 Å². The van der Waals surface area contributed by atoms with Crippen LogP contribution in [-0.2, 0) is 4.12 Å². The largest absolute Gasteiger partial charge is 0.471 e. The van der Waals surface area contributed by atoms with Gasteiger partial charge >= 0.3 is 0 Å². The highest BCUT2D eigenvalue weighted by molar-refractivity contribution is 6.15. The van der Waals surface area contributed by atoms with E-state index in [0.717, 1.165) is 21.0 Å². The predicted octanol–water partition coefficient (Wildman–Crippen LogP) is 0.729. The molecule has 0 aromatic rings. The van der Waals surface area contributed by atoms with E-state index >= 15 is 0 Å². The van der Waals surface area contributed by atoms with E-state index in [1.165, 1.54) is 11.1 Å². The molecular weight excluding hydrogens is 168 g/mol. The molecule has 0 saturated carbocycles. The summed E-state index contributed by atoms with van der Waals surface area (Å²) < 4.78 is 4.53. The van der Waals surface area contributed by atoms with Gasteiger partial charge in [-0.1, -0.05) is 11.1 Å². The van der Waals surface area contributed by atoms with Gasteiger partial charge in [0.15, 0.2) is 0 Å². The highest BCUT2D eigenvalue weighted by Crippen LogP contribution is 1.74. The van der Waals surface area contributed by atoms with E-state index in [1.807, 2.05) is 27.7 Å². The number of allylic oxidation sites excluding steroid dienone is 2. The smallest absolute Gasteiger partial charge is 0.129 e. The summed E-state index contributed by atoms with van der Waals surface area (Å²) in [6.07, 6.45) is 0. The summed E-state index contributed by atoms with van der Waals surface area (Å²) in [5, 5.41) is 0. The average molecular weight is 190 g/mol. The van der Waals surface area contributed by atoms with Crippen LogP contribution in [0.15, 0.2) is 24.3 Å². The van der Waals surface area contributed by atoms with Gasteiger partial charge < -0.3 is 4.12 Å². The van der Waals surface area contributed by atoms with Crippen molar-refractivity contribution in [1.82, 2.24) is 0 Å². The molecule has 11 heavy (non-hydrogen) atoms. The lowest BCUT2D eigenvalue weighted by Gasteiger charge is -1.65. The van der Waals surface area contributed by atoms with Gasteiger partial charge in [0, 0.05) is 0 Å². The first-order chi connectivity index (χ1) is 4.88. The molecule has 0 aromatic carbocycles. The molecule has 0 radical (unpaired) electrons. The fraction of sp³-hybridized carbons (Fsp3) is 0.500. The second-order valence-electron chi connectivity index (χ2n) is 2.82. The van der Waals surface area contributed by atoms with Crippen molar-refractivity contribution in [1.29, 1.82) is 0 Å². The molecule has 0 aliphatic heterocycles. The minimum Gasteiger partial charge on any atom is -0.471 e. The Morgan fingerprint density at radius 3 is 0.909 bits per heavy atom. The second-order valence-corrected chi connectivity index (χ2v) is 6.09. The summed E-state index contributed by atoms with van der Waals surface area (Å²) in [6.45, 7) is 15.0. The lowest BCUT2D eigenvalue weighted by Crippen LogP contribution is -1.65. The highest BCUT2D eigenvalue weighted by Gasteiger charge is 1.52. The first-order valence-electron chi connectivity index (χ1n) is 3.52. The Bertz CT molecular complexity index is 80.3. The molecule has 0 aliphatic rings. The molecule has 0 aliphatic carbocycles. The highest BCUT2D eigenvalue weighted by atomic mass is 28.3. The Morgan fingerprint density at radius 2 is 0.909 bits per heavy atom. The van der Waals surface area contributed by atoms with Crippen molar-refractivity contribution in [2.45, 2.75) is 27.7 Å². The van der Waals surface area contributed by atoms with Crippen molar-refractivity contribution in [2.24, 2.45) is 0 Å². The molecule has 0 N–H and O–H groups in total. The first-order valence-corrected chi connectivity index (χ1v) is 5.16. The molecular formula is C8H22OSi2. The minimum atomic E-state index is 0.931. The van der Waals surface area contributed by atoms with Gasteiger partial charge in [-0.05, 0) is 27.7 Å². The van der Waals surface area contributed by atoms with Crippen molar-refractivity contribution in [3.8, 4) is 0 Å². The van der Waals surface area contributed by atoms with Crippen molar-refractivity contribution in [3.05, 3.63) is 24.3 Å². The molecule has 1 nitrogen and oxygen atoms in total. The third kappa shape index (κ3) is 38400. The first kappa shape index (κ1) is 17.1. The summed E-state index contributed by atoms with van der Waals surface area (Å²) in [5.41, 5.74) is 2.33. The summed E-state index contributed by atoms with van der Waals surface area (Å²) in [4.78, 5) is 0. The number of hydrogen-bond donors (Lipinski definition) is 0. The van der Waals surface area contributed by atoms with Gasteiger partial charge in [0.25, 0.3) is 0 Å². The van der Waals surface area contributed by atoms with E-state index in [1.54, 1.807) is 0 Å². The quantitative estimate of drug-likeness (QED) is 0.404. The molecule has 0 unspecified atom stereocenters. The zero-order valence-electron chi connectivity index (χ0n) is 8.82. The summed E-state index contributed by atoms with van der Waals surface area (Å²) in [5.74, 6) is 0. The van der Waals surface area contributed by atoms with Crippen LogP contribution >= 0.6 is 0 Å². The lowest BCUT2D eigenvalue weighted by atomic mass is 10.4. The monoisotopic (exact) mass is 190 g/mol. The third-order valence-corrected chi connectivity index (χ3v) is 0. The van der Waals surface area contributed by atoms with E-state index in [2.05, 4.69) is 17.3 Å². The predicted molar refractivity (Wildman–Crippen MR) is 61.9 cm³/mol. The molecule has 0 bridgehead atoms. The van der Waals surface area contributed by atoms with Crippen molar-refractivity contribution in [2.75, 3.05) is 0 Å². The van der Waals surface area contributed by atoms with Crippen LogP contribution in [0.25, 0.3) is 0 Å². The Hall–Kier alpha value is -0.126. The van der Waals surface area contributed by atoms with Crippen molar-refractivity contribution >= 4 is 21.0 Å². The van der Waals surface area contributed by atoms with Gasteiger partial charge in [-0.15, -0.1) is 13.2 Å². The molecule has 68 valence electrons. The molecule has 0 fully saturated rings. The fourth-order valence-electron chi connectivity index (χ4n) is 0. The Balaban J connectivity index is -0.0000000886. The van der Waals surface area contributed by atoms with Gasteiger partial charge in [0.2, 0.25) is 0 Å². The van der Waals surface area contributed by atoms with Crippen LogP contribution in [-0.4, -0.2) is 21.0 Å². The van der Waals surface area contributed by atoms with Gasteiger partial charge in [0.05, 0.1) is 0 Å². The maximum Gasteiger partial charge on any atom is 0.129 e. The normalized spacial score (nSPS) is 6.91. The average Bonchev–Trinajstić information content (AvgIpc) is 1.60. The molecule has 0 rings (SSSR count). The van der Waals surface area contributed by atoms with E-state index in [9.17, 15) is 0 Å². The summed E-state index contributed by atoms with van der Waals surface area (Å²) in [7, 11) is 1.86. The Kier molecular flexibility index (Phi) is 25.6. The standard InChI is InChI=1S/2C4H8.H6OSi2/c2*1-4(2)3;2-1-3/h2*1H2,2-3H3;2-3H3. The van der Waals surface area contributed by atoms with Crippen molar-refractivity contribution in [3.63, 3.8) is 0 Å². The van der Waals surface area contributed by atoms with Gasteiger partial charge in [-0.3, -0.25) is 0 Å². The van der Waals surface area contributed by atoms with Crippen LogP contribution in [0.4, 0.5) is 0 Å². The van der Waals surface area contributed by atoms with Crippen LogP contribution in [0.5, 0.6) is 0 Å². The fourth-order valence-corrected chi connectivity index (χ4v) is 0. The van der Waals surface area contributed by atoms with Crippen LogP contribution in [0.1, 0.15) is 27.7 Å². The Labute approximate surface area is 77.6 Å². The molecule has 0 heterocycles. The summed E-state index contributed by atoms with van der Waals surface area (Å²) in [6, 6.07) is 0. The maximum atomic E-state index is 4.53. The minimum absolute atomic E-state index is 0.931. The van der Waals surface area contributed by atoms with Gasteiger partial charge in [-0.25, -0.2) is 0 Å². The van der Waals surface area contributed by atoms with E-state index < -0.39 is 0 Å². The third-order valence-electron chi connectivity index (χ3n) is 0. The number of hydrogen-bond acceptors (Lipinski definition) is 1. The van der Waals surface area contributed by atoms with E-state index in [0.29, 0.717) is 0 Å². The van der Waals surface area contributed by atoms with Crippen LogP contribution in [0, 0.1) is 0 Å². The topological polar surface area (TPSA) is 9.23 Å². The molecule has 3 heteroatoms. The van der Waals surface area contributed by atoms with Gasteiger partial charge in [-0.2, -0.15) is 0 Å². The molecule has 0 aromatic heterocycles. The van der Waals surface area contributed by atoms with E-state index in [-0.39, 0.29) is 0 Å². The number of rotatable bonds is 0. The SMILES string of the molecule is C=C(C)C.C=C(C)C.[SiH3]O[SiH3]. The molecule has 0 atom stereocenters. The Morgan fingerprint density at radius 1 is 0.909 bits per heavy atom. The van der Waals surface area contributed by atoms with E-state index in [4.69, 9.17) is 0 Å². The van der Waals surface area contributed by atoms with Crippen LogP contribution in [0.2, 0.25) is 0 Å². The van der Waals surface area contributed by atoms with Gasteiger partial charge in [0.1, 0.15) is 21.0 Å². The molecule has 0 spiro atoms. The summed E-state index contributed by atoms with van der Waals surface area (Å²) >= 11 is 0. The van der Waals surface area contributed by atoms with Crippen LogP contribution in [0.3, 0.4) is 0 Å². The maximum absolute atomic E-state index is 4.53. The lowest BCUT2D eigenvalue weighted by molar-refractivity contribution is 0.690. The molecule has 0 amide bonds. The van der Waals surface area contributed by atoms with Crippen LogP contribution < -0.4 is 0 Å². The zero-order valence-corrected chi connectivity index (χ0v) is 12.8. The molecule has 0 saturated heterocycles. The second kappa shape index (κ2) is 16.5. The zero-order chi connectivity index (χ0) is 9.86.